The predicted molar refractivity (Wildman–Crippen MR) is 129 cm³/mol. The van der Waals surface area contributed by atoms with E-state index in [4.69, 9.17) is 4.74 Å². The van der Waals surface area contributed by atoms with Crippen LogP contribution in [0.3, 0.4) is 0 Å². The summed E-state index contributed by atoms with van der Waals surface area (Å²) in [6, 6.07) is 18.2. The molecule has 9 heteroatoms. The van der Waals surface area contributed by atoms with Crippen LogP contribution in [0.5, 0.6) is 11.6 Å². The Kier molecular flexibility index (Phi) is 5.57. The Labute approximate surface area is 202 Å². The molecule has 0 fully saturated rings. The molecule has 1 aliphatic carbocycles. The third-order valence-corrected chi connectivity index (χ3v) is 6.56. The summed E-state index contributed by atoms with van der Waals surface area (Å²) < 4.78 is 5.95. The first-order valence-corrected chi connectivity index (χ1v) is 11.8. The molecule has 1 aliphatic heterocycles. The number of carbonyl (C=O) groups is 1. The smallest absolute Gasteiger partial charge is 0.227 e. The Morgan fingerprint density at radius 3 is 2.60 bits per heavy atom. The number of carbonyl (C=O) groups excluding carboxylic acids is 1. The summed E-state index contributed by atoms with van der Waals surface area (Å²) in [5.74, 6) is 1.95. The topological polar surface area (TPSA) is 109 Å². The first-order valence-electron chi connectivity index (χ1n) is 11.8. The van der Waals surface area contributed by atoms with Gasteiger partial charge in [0.1, 0.15) is 23.6 Å². The number of fused-ring (bicyclic) bond motifs is 2. The maximum Gasteiger partial charge on any atom is 0.227 e. The van der Waals surface area contributed by atoms with E-state index in [-0.39, 0.29) is 5.91 Å². The standard InChI is InChI=1S/C26H25N7O2/c34-26(33-10-9-22-23(15-33)31-32-30-22)11-17-5-7-21(8-6-17)35-25-14-24(27-16-28-25)29-20-12-18-3-1-2-4-19(18)13-20/h1-8,14,16,20H,9-13,15H2,(H,27,28,29)(H,30,31,32). The van der Waals surface area contributed by atoms with Gasteiger partial charge in [-0.2, -0.15) is 15.4 Å². The molecule has 176 valence electrons. The van der Waals surface area contributed by atoms with Crippen LogP contribution in [0, 0.1) is 0 Å². The molecular weight excluding hydrogens is 442 g/mol. The zero-order chi connectivity index (χ0) is 23.6. The van der Waals surface area contributed by atoms with Gasteiger partial charge in [-0.15, -0.1) is 0 Å². The number of anilines is 1. The number of hydrogen-bond donors (Lipinski definition) is 2. The third kappa shape index (κ3) is 4.70. The van der Waals surface area contributed by atoms with E-state index in [0.29, 0.717) is 37.2 Å². The van der Waals surface area contributed by atoms with Crippen molar-refractivity contribution in [1.29, 1.82) is 0 Å². The predicted octanol–water partition coefficient (Wildman–Crippen LogP) is 3.09. The molecule has 0 saturated heterocycles. The third-order valence-electron chi connectivity index (χ3n) is 6.56. The van der Waals surface area contributed by atoms with Crippen LogP contribution in [0.4, 0.5) is 5.82 Å². The number of ether oxygens (including phenoxy) is 1. The van der Waals surface area contributed by atoms with Crippen molar-refractivity contribution in [3.05, 3.63) is 89.0 Å². The SMILES string of the molecule is O=C(Cc1ccc(Oc2cc(NC3Cc4ccccc4C3)ncn2)cc1)N1CCc2n[nH]nc2C1. The average Bonchev–Trinajstić information content (AvgIpc) is 3.51. The molecule has 0 bridgehead atoms. The van der Waals surface area contributed by atoms with Crippen LogP contribution in [0.2, 0.25) is 0 Å². The van der Waals surface area contributed by atoms with Crippen molar-refractivity contribution in [2.24, 2.45) is 0 Å². The van der Waals surface area contributed by atoms with Crippen molar-refractivity contribution in [1.82, 2.24) is 30.3 Å². The molecule has 6 rings (SSSR count). The molecule has 0 radical (unpaired) electrons. The van der Waals surface area contributed by atoms with E-state index in [1.165, 1.54) is 17.5 Å². The van der Waals surface area contributed by atoms with Gasteiger partial charge in [0.05, 0.1) is 18.7 Å². The lowest BCUT2D eigenvalue weighted by atomic mass is 10.1. The number of H-pyrrole nitrogens is 1. The Bertz CT molecular complexity index is 1330. The van der Waals surface area contributed by atoms with Crippen LogP contribution in [0.25, 0.3) is 0 Å². The molecule has 9 nitrogen and oxygen atoms in total. The van der Waals surface area contributed by atoms with E-state index in [1.54, 1.807) is 0 Å². The van der Waals surface area contributed by atoms with Gasteiger partial charge in [0.2, 0.25) is 11.8 Å². The normalized spacial score (nSPS) is 14.9. The Morgan fingerprint density at radius 2 is 1.80 bits per heavy atom. The largest absolute Gasteiger partial charge is 0.439 e. The number of benzene rings is 2. The van der Waals surface area contributed by atoms with Gasteiger partial charge < -0.3 is 15.0 Å². The fourth-order valence-electron chi connectivity index (χ4n) is 4.74. The summed E-state index contributed by atoms with van der Waals surface area (Å²) in [5, 5.41) is 14.4. The number of nitrogens with one attached hydrogen (secondary N) is 2. The monoisotopic (exact) mass is 467 g/mol. The minimum Gasteiger partial charge on any atom is -0.439 e. The van der Waals surface area contributed by atoms with Gasteiger partial charge in [-0.05, 0) is 41.7 Å². The molecule has 2 aromatic carbocycles. The first kappa shape index (κ1) is 21.3. The number of aromatic nitrogens is 5. The van der Waals surface area contributed by atoms with Gasteiger partial charge in [-0.25, -0.2) is 9.97 Å². The van der Waals surface area contributed by atoms with E-state index >= 15 is 0 Å². The minimum atomic E-state index is 0.0768. The highest BCUT2D eigenvalue weighted by atomic mass is 16.5. The molecule has 1 amide bonds. The van der Waals surface area contributed by atoms with Gasteiger partial charge in [0.15, 0.2) is 0 Å². The molecule has 4 aromatic rings. The highest BCUT2D eigenvalue weighted by Gasteiger charge is 2.24. The Morgan fingerprint density at radius 1 is 1.03 bits per heavy atom. The summed E-state index contributed by atoms with van der Waals surface area (Å²) in [6.07, 6.45) is 4.53. The van der Waals surface area contributed by atoms with Crippen molar-refractivity contribution < 1.29 is 9.53 Å². The number of aromatic amines is 1. The van der Waals surface area contributed by atoms with Crippen molar-refractivity contribution >= 4 is 11.7 Å². The van der Waals surface area contributed by atoms with E-state index in [2.05, 4.69) is 55.0 Å². The van der Waals surface area contributed by atoms with Crippen molar-refractivity contribution in [2.75, 3.05) is 11.9 Å². The summed E-state index contributed by atoms with van der Waals surface area (Å²) in [7, 11) is 0. The zero-order valence-corrected chi connectivity index (χ0v) is 19.1. The van der Waals surface area contributed by atoms with Gasteiger partial charge in [0.25, 0.3) is 0 Å². The van der Waals surface area contributed by atoms with E-state index < -0.39 is 0 Å². The van der Waals surface area contributed by atoms with Crippen molar-refractivity contribution in [3.8, 4) is 11.6 Å². The zero-order valence-electron chi connectivity index (χ0n) is 19.1. The van der Waals surface area contributed by atoms with Crippen LogP contribution < -0.4 is 10.1 Å². The van der Waals surface area contributed by atoms with Crippen molar-refractivity contribution in [2.45, 2.75) is 38.3 Å². The van der Waals surface area contributed by atoms with Crippen LogP contribution in [0.1, 0.15) is 28.1 Å². The Hall–Kier alpha value is -4.27. The molecule has 0 atom stereocenters. The van der Waals surface area contributed by atoms with Gasteiger partial charge in [-0.3, -0.25) is 4.79 Å². The lowest BCUT2D eigenvalue weighted by Gasteiger charge is -2.25. The molecule has 3 heterocycles. The van der Waals surface area contributed by atoms with Gasteiger partial charge >= 0.3 is 0 Å². The highest BCUT2D eigenvalue weighted by Crippen LogP contribution is 2.26. The lowest BCUT2D eigenvalue weighted by Crippen LogP contribution is -2.37. The summed E-state index contributed by atoms with van der Waals surface area (Å²) in [6.45, 7) is 1.17. The van der Waals surface area contributed by atoms with Crippen LogP contribution in [-0.4, -0.2) is 48.8 Å². The molecule has 2 N–H and O–H groups in total. The molecule has 0 spiro atoms. The van der Waals surface area contributed by atoms with E-state index in [0.717, 1.165) is 42.0 Å². The van der Waals surface area contributed by atoms with E-state index in [1.807, 2.05) is 35.2 Å². The Balaban J connectivity index is 1.05. The molecule has 0 unspecified atom stereocenters. The summed E-state index contributed by atoms with van der Waals surface area (Å²) in [5.41, 5.74) is 5.50. The average molecular weight is 468 g/mol. The second kappa shape index (κ2) is 9.17. The van der Waals surface area contributed by atoms with Gasteiger partial charge in [-0.1, -0.05) is 36.4 Å². The quantitative estimate of drug-likeness (QED) is 0.448. The van der Waals surface area contributed by atoms with Crippen molar-refractivity contribution in [3.63, 3.8) is 0 Å². The summed E-state index contributed by atoms with van der Waals surface area (Å²) in [4.78, 5) is 23.2. The maximum atomic E-state index is 12.7. The molecule has 35 heavy (non-hydrogen) atoms. The fourth-order valence-corrected chi connectivity index (χ4v) is 4.74. The minimum absolute atomic E-state index is 0.0768. The maximum absolute atomic E-state index is 12.7. The number of rotatable bonds is 6. The lowest BCUT2D eigenvalue weighted by molar-refractivity contribution is -0.131. The van der Waals surface area contributed by atoms with Crippen LogP contribution in [-0.2, 0) is 37.0 Å². The van der Waals surface area contributed by atoms with Crippen LogP contribution in [0.15, 0.2) is 60.9 Å². The molecule has 0 saturated carbocycles. The first-order chi connectivity index (χ1) is 17.2. The van der Waals surface area contributed by atoms with Crippen LogP contribution >= 0.6 is 0 Å². The molecular formula is C26H25N7O2. The number of amides is 1. The second-order valence-corrected chi connectivity index (χ2v) is 8.96. The molecule has 2 aromatic heterocycles. The summed E-state index contributed by atoms with van der Waals surface area (Å²) >= 11 is 0. The number of nitrogens with zero attached hydrogens (tertiary/aromatic N) is 5. The fraction of sp³-hybridized carbons (Fsp3) is 0.269. The van der Waals surface area contributed by atoms with E-state index in [9.17, 15) is 4.79 Å². The second-order valence-electron chi connectivity index (χ2n) is 8.96. The van der Waals surface area contributed by atoms with Gasteiger partial charge in [0, 0.05) is 25.1 Å². The molecule has 2 aliphatic rings. The number of hydrogen-bond acceptors (Lipinski definition) is 7. The highest BCUT2D eigenvalue weighted by molar-refractivity contribution is 5.79.